The molecule has 1 heterocycles. The first-order chi connectivity index (χ1) is 12.4. The lowest BCUT2D eigenvalue weighted by atomic mass is 9.96. The first-order valence-electron chi connectivity index (χ1n) is 8.23. The van der Waals surface area contributed by atoms with Gasteiger partial charge in [0.2, 0.25) is 5.91 Å². The molecule has 8 heteroatoms. The summed E-state index contributed by atoms with van der Waals surface area (Å²) in [6, 6.07) is 8.04. The Kier molecular flexibility index (Phi) is 5.66. The number of fused-ring (bicyclic) bond motifs is 1. The lowest BCUT2D eigenvalue weighted by molar-refractivity contribution is -0.115. The average molecular weight is 409 g/mol. The molecule has 1 amide bonds. The number of anilines is 1. The average Bonchev–Trinajstić information content (AvgIpc) is 2.97. The predicted molar refractivity (Wildman–Crippen MR) is 102 cm³/mol. The topological polar surface area (TPSA) is 87.0 Å². The summed E-state index contributed by atoms with van der Waals surface area (Å²) in [7, 11) is -3.56. The fourth-order valence-electron chi connectivity index (χ4n) is 2.95. The van der Waals surface area contributed by atoms with E-state index in [0.717, 1.165) is 36.1 Å². The van der Waals surface area contributed by atoms with Crippen molar-refractivity contribution < 1.29 is 13.2 Å². The second kappa shape index (κ2) is 7.78. The molecule has 0 saturated carbocycles. The molecule has 0 aliphatic heterocycles. The molecular weight excluding hydrogens is 392 g/mol. The zero-order chi connectivity index (χ0) is 18.7. The highest BCUT2D eigenvalue weighted by atomic mass is 35.5. The fraction of sp³-hybridized carbons (Fsp3) is 0.333. The van der Waals surface area contributed by atoms with Crippen LogP contribution in [0.4, 0.5) is 5.00 Å². The van der Waals surface area contributed by atoms with Crippen LogP contribution in [0.2, 0.25) is 5.02 Å². The third kappa shape index (κ3) is 4.09. The van der Waals surface area contributed by atoms with Crippen molar-refractivity contribution in [1.82, 2.24) is 0 Å². The summed E-state index contributed by atoms with van der Waals surface area (Å²) < 4.78 is 24.6. The van der Waals surface area contributed by atoms with Crippen LogP contribution in [0.25, 0.3) is 0 Å². The summed E-state index contributed by atoms with van der Waals surface area (Å²) in [6.07, 6.45) is 3.75. The molecule has 5 nitrogen and oxygen atoms in total. The third-order valence-electron chi connectivity index (χ3n) is 4.31. The highest BCUT2D eigenvalue weighted by Gasteiger charge is 2.22. The van der Waals surface area contributed by atoms with Crippen molar-refractivity contribution in [2.45, 2.75) is 37.0 Å². The van der Waals surface area contributed by atoms with Gasteiger partial charge in [-0.15, -0.1) is 11.3 Å². The van der Waals surface area contributed by atoms with E-state index >= 15 is 0 Å². The summed E-state index contributed by atoms with van der Waals surface area (Å²) in [5.74, 6) is -0.703. The van der Waals surface area contributed by atoms with Gasteiger partial charge >= 0.3 is 0 Å². The fourth-order valence-corrected chi connectivity index (χ4v) is 5.57. The largest absolute Gasteiger partial charge is 0.317 e. The lowest BCUT2D eigenvalue weighted by Crippen LogP contribution is -2.17. The number of nitriles is 1. The van der Waals surface area contributed by atoms with Crippen LogP contribution in [-0.4, -0.2) is 20.1 Å². The number of aryl methyl sites for hydroxylation is 1. The minimum atomic E-state index is -3.56. The van der Waals surface area contributed by atoms with Crippen LogP contribution >= 0.6 is 22.9 Å². The number of nitrogens with zero attached hydrogens (tertiary/aromatic N) is 1. The number of thiophene rings is 1. The Bertz CT molecular complexity index is 973. The Labute approximate surface area is 161 Å². The van der Waals surface area contributed by atoms with Gasteiger partial charge < -0.3 is 5.32 Å². The number of nitrogens with one attached hydrogen (secondary N) is 1. The van der Waals surface area contributed by atoms with E-state index in [4.69, 9.17) is 11.6 Å². The summed E-state index contributed by atoms with van der Waals surface area (Å²) in [4.78, 5) is 13.5. The first-order valence-corrected chi connectivity index (χ1v) is 11.1. The maximum Gasteiger partial charge on any atom is 0.226 e. The first kappa shape index (κ1) is 18.9. The highest BCUT2D eigenvalue weighted by Crippen LogP contribution is 2.37. The molecule has 0 bridgehead atoms. The molecule has 0 radical (unpaired) electrons. The van der Waals surface area contributed by atoms with Crippen molar-refractivity contribution in [2.24, 2.45) is 0 Å². The maximum absolute atomic E-state index is 12.3. The van der Waals surface area contributed by atoms with Crippen LogP contribution in [0.1, 0.15) is 35.3 Å². The maximum atomic E-state index is 12.3. The minimum Gasteiger partial charge on any atom is -0.317 e. The van der Waals surface area contributed by atoms with Crippen LogP contribution in [-0.2, 0) is 27.5 Å². The second-order valence-corrected chi connectivity index (χ2v) is 9.75. The van der Waals surface area contributed by atoms with Gasteiger partial charge in [0, 0.05) is 16.3 Å². The quantitative estimate of drug-likeness (QED) is 0.811. The highest BCUT2D eigenvalue weighted by molar-refractivity contribution is 7.91. The summed E-state index contributed by atoms with van der Waals surface area (Å²) >= 11 is 7.19. The smallest absolute Gasteiger partial charge is 0.226 e. The van der Waals surface area contributed by atoms with E-state index in [9.17, 15) is 18.5 Å². The molecule has 136 valence electrons. The molecule has 0 saturated heterocycles. The number of benzene rings is 1. The number of halogens is 1. The number of carbonyl (C=O) groups excluding carboxylic acids is 1. The van der Waals surface area contributed by atoms with E-state index in [1.165, 1.54) is 35.6 Å². The van der Waals surface area contributed by atoms with Crippen LogP contribution in [0.15, 0.2) is 29.2 Å². The van der Waals surface area contributed by atoms with Gasteiger partial charge in [-0.1, -0.05) is 11.6 Å². The lowest BCUT2D eigenvalue weighted by Gasteiger charge is -2.09. The predicted octanol–water partition coefficient (Wildman–Crippen LogP) is 3.95. The summed E-state index contributed by atoms with van der Waals surface area (Å²) in [6.45, 7) is 0. The summed E-state index contributed by atoms with van der Waals surface area (Å²) in [5.41, 5.74) is 1.56. The number of sulfone groups is 1. The van der Waals surface area contributed by atoms with Crippen molar-refractivity contribution in [3.8, 4) is 6.07 Å². The van der Waals surface area contributed by atoms with Gasteiger partial charge in [-0.25, -0.2) is 8.42 Å². The van der Waals surface area contributed by atoms with Gasteiger partial charge in [0.15, 0.2) is 9.84 Å². The monoisotopic (exact) mass is 408 g/mol. The van der Waals surface area contributed by atoms with Crippen LogP contribution < -0.4 is 5.32 Å². The van der Waals surface area contributed by atoms with E-state index in [2.05, 4.69) is 11.4 Å². The molecule has 1 N–H and O–H groups in total. The SMILES string of the molecule is N#Cc1c(NC(=O)CCS(=O)(=O)c2ccc(Cl)cc2)sc2c1CCCC2. The molecule has 1 aliphatic carbocycles. The molecular formula is C18H17ClN2O3S2. The van der Waals surface area contributed by atoms with Gasteiger partial charge in [-0.2, -0.15) is 5.26 Å². The van der Waals surface area contributed by atoms with Gasteiger partial charge in [0.1, 0.15) is 11.1 Å². The van der Waals surface area contributed by atoms with Crippen molar-refractivity contribution in [2.75, 3.05) is 11.1 Å². The van der Waals surface area contributed by atoms with Gasteiger partial charge in [-0.05, 0) is 55.5 Å². The second-order valence-electron chi connectivity index (χ2n) is 6.10. The zero-order valence-electron chi connectivity index (χ0n) is 13.9. The number of rotatable bonds is 5. The number of hydrogen-bond donors (Lipinski definition) is 1. The molecule has 0 spiro atoms. The van der Waals surface area contributed by atoms with Crippen molar-refractivity contribution >= 4 is 43.7 Å². The molecule has 0 fully saturated rings. The van der Waals surface area contributed by atoms with Crippen LogP contribution in [0.5, 0.6) is 0 Å². The number of hydrogen-bond acceptors (Lipinski definition) is 5. The van der Waals surface area contributed by atoms with Crippen molar-refractivity contribution in [1.29, 1.82) is 5.26 Å². The Morgan fingerprint density at radius 2 is 1.92 bits per heavy atom. The Morgan fingerprint density at radius 1 is 1.23 bits per heavy atom. The van der Waals surface area contributed by atoms with E-state index in [1.54, 1.807) is 0 Å². The zero-order valence-corrected chi connectivity index (χ0v) is 16.3. The van der Waals surface area contributed by atoms with Gasteiger partial charge in [-0.3, -0.25) is 4.79 Å². The molecule has 0 atom stereocenters. The molecule has 3 rings (SSSR count). The third-order valence-corrected chi connectivity index (χ3v) is 7.50. The molecule has 26 heavy (non-hydrogen) atoms. The normalized spacial score (nSPS) is 13.7. The Morgan fingerprint density at radius 3 is 2.62 bits per heavy atom. The Balaban J connectivity index is 1.67. The standard InChI is InChI=1S/C18H17ClN2O3S2/c19-12-5-7-13(8-6-12)26(23,24)10-9-17(22)21-18-15(11-20)14-3-1-2-4-16(14)25-18/h5-8H,1-4,9-10H2,(H,21,22). The molecule has 2 aromatic rings. The minimum absolute atomic E-state index is 0.138. The van der Waals surface area contributed by atoms with Crippen molar-refractivity contribution in [3.63, 3.8) is 0 Å². The molecule has 1 aromatic carbocycles. The van der Waals surface area contributed by atoms with Crippen LogP contribution in [0.3, 0.4) is 0 Å². The molecule has 1 aliphatic rings. The van der Waals surface area contributed by atoms with Gasteiger partial charge in [0.25, 0.3) is 0 Å². The molecule has 0 unspecified atom stereocenters. The van der Waals surface area contributed by atoms with Crippen molar-refractivity contribution in [3.05, 3.63) is 45.3 Å². The summed E-state index contributed by atoms with van der Waals surface area (Å²) in [5, 5.41) is 13.1. The Hall–Kier alpha value is -1.88. The molecule has 1 aromatic heterocycles. The number of amides is 1. The van der Waals surface area contributed by atoms with E-state index in [-0.39, 0.29) is 17.1 Å². The van der Waals surface area contributed by atoms with Gasteiger partial charge in [0.05, 0.1) is 16.2 Å². The van der Waals surface area contributed by atoms with E-state index < -0.39 is 15.7 Å². The number of carbonyl (C=O) groups is 1. The van der Waals surface area contributed by atoms with E-state index in [0.29, 0.717) is 15.6 Å². The van der Waals surface area contributed by atoms with Crippen LogP contribution in [0, 0.1) is 11.3 Å². The van der Waals surface area contributed by atoms with E-state index in [1.807, 2.05) is 0 Å².